The van der Waals surface area contributed by atoms with Crippen LogP contribution in [0.2, 0.25) is 0 Å². The van der Waals surface area contributed by atoms with Crippen molar-refractivity contribution in [1.29, 1.82) is 0 Å². The van der Waals surface area contributed by atoms with E-state index in [2.05, 4.69) is 9.97 Å². The molecule has 26 heavy (non-hydrogen) atoms. The van der Waals surface area contributed by atoms with Crippen molar-refractivity contribution in [2.45, 2.75) is 26.9 Å². The first-order valence-corrected chi connectivity index (χ1v) is 8.73. The zero-order chi connectivity index (χ0) is 18.3. The van der Waals surface area contributed by atoms with Crippen LogP contribution in [0.5, 0.6) is 0 Å². The van der Waals surface area contributed by atoms with Crippen LogP contribution in [-0.2, 0) is 4.74 Å². The number of hydrogen-bond acceptors (Lipinski definition) is 5. The summed E-state index contributed by atoms with van der Waals surface area (Å²) in [4.78, 5) is 23.7. The van der Waals surface area contributed by atoms with Crippen LogP contribution in [0.25, 0.3) is 11.0 Å². The highest BCUT2D eigenvalue weighted by Crippen LogP contribution is 2.24. The molecule has 3 heterocycles. The lowest BCUT2D eigenvalue weighted by Crippen LogP contribution is -2.42. The molecule has 0 bridgehead atoms. The molecule has 1 atom stereocenters. The highest BCUT2D eigenvalue weighted by molar-refractivity contribution is 5.97. The van der Waals surface area contributed by atoms with Crippen LogP contribution >= 0.6 is 0 Å². The van der Waals surface area contributed by atoms with Crippen LogP contribution in [0.1, 0.15) is 39.4 Å². The maximum Gasteiger partial charge on any atom is 0.254 e. The van der Waals surface area contributed by atoms with Gasteiger partial charge in [0.2, 0.25) is 0 Å². The van der Waals surface area contributed by atoms with E-state index in [9.17, 15) is 4.79 Å². The molecular weight excluding hydrogens is 330 g/mol. The van der Waals surface area contributed by atoms with Gasteiger partial charge in [-0.3, -0.25) is 4.79 Å². The highest BCUT2D eigenvalue weighted by Gasteiger charge is 2.28. The van der Waals surface area contributed by atoms with E-state index >= 15 is 0 Å². The van der Waals surface area contributed by atoms with Gasteiger partial charge in [0.25, 0.3) is 5.91 Å². The summed E-state index contributed by atoms with van der Waals surface area (Å²) < 4.78 is 11.4. The molecule has 1 saturated heterocycles. The Bertz CT molecular complexity index is 959. The summed E-state index contributed by atoms with van der Waals surface area (Å²) in [5, 5.41) is 0.941. The molecule has 134 valence electrons. The van der Waals surface area contributed by atoms with Gasteiger partial charge in [-0.05, 0) is 51.1 Å². The van der Waals surface area contributed by atoms with Crippen molar-refractivity contribution in [3.8, 4) is 0 Å². The highest BCUT2D eigenvalue weighted by atomic mass is 16.5. The van der Waals surface area contributed by atoms with E-state index in [1.54, 1.807) is 0 Å². The quantitative estimate of drug-likeness (QED) is 0.708. The van der Waals surface area contributed by atoms with Gasteiger partial charge >= 0.3 is 0 Å². The number of morpholine rings is 1. The van der Waals surface area contributed by atoms with Gasteiger partial charge in [0, 0.05) is 28.9 Å². The third-order valence-corrected chi connectivity index (χ3v) is 4.53. The van der Waals surface area contributed by atoms with E-state index in [0.717, 1.165) is 28.1 Å². The number of aromatic nitrogens is 2. The number of ether oxygens (including phenoxy) is 1. The van der Waals surface area contributed by atoms with Gasteiger partial charge in [-0.1, -0.05) is 0 Å². The van der Waals surface area contributed by atoms with E-state index in [0.29, 0.717) is 31.1 Å². The Morgan fingerprint density at radius 1 is 1.12 bits per heavy atom. The number of carbonyl (C=O) groups excluding carboxylic acids is 1. The van der Waals surface area contributed by atoms with E-state index in [1.165, 1.54) is 0 Å². The fraction of sp³-hybridized carbons (Fsp3) is 0.350. The van der Waals surface area contributed by atoms with E-state index < -0.39 is 0 Å². The second-order valence-electron chi connectivity index (χ2n) is 6.73. The number of benzene rings is 1. The van der Waals surface area contributed by atoms with Crippen molar-refractivity contribution in [2.75, 3.05) is 19.7 Å². The lowest BCUT2D eigenvalue weighted by Gasteiger charge is -2.32. The minimum atomic E-state index is -0.300. The van der Waals surface area contributed by atoms with E-state index in [-0.39, 0.29) is 12.0 Å². The first kappa shape index (κ1) is 16.7. The molecule has 0 spiro atoms. The molecule has 6 nitrogen and oxygen atoms in total. The molecule has 6 heteroatoms. The molecule has 0 radical (unpaired) electrons. The average Bonchev–Trinajstić information content (AvgIpc) is 2.99. The van der Waals surface area contributed by atoms with E-state index in [4.69, 9.17) is 9.15 Å². The number of amides is 1. The zero-order valence-electron chi connectivity index (χ0n) is 15.2. The fourth-order valence-electron chi connectivity index (χ4n) is 3.38. The molecular formula is C20H21N3O3. The van der Waals surface area contributed by atoms with Gasteiger partial charge in [0.05, 0.1) is 13.2 Å². The van der Waals surface area contributed by atoms with Crippen molar-refractivity contribution < 1.29 is 13.9 Å². The average molecular weight is 351 g/mol. The maximum atomic E-state index is 13.0. The summed E-state index contributed by atoms with van der Waals surface area (Å²) in [6, 6.07) is 9.41. The van der Waals surface area contributed by atoms with Gasteiger partial charge in [0.15, 0.2) is 5.82 Å². The minimum absolute atomic E-state index is 0.0107. The predicted octanol–water partition coefficient (Wildman–Crippen LogP) is 3.36. The molecule has 0 saturated carbocycles. The first-order chi connectivity index (χ1) is 12.5. The van der Waals surface area contributed by atoms with Crippen LogP contribution in [-0.4, -0.2) is 40.5 Å². The van der Waals surface area contributed by atoms with Crippen LogP contribution in [0.3, 0.4) is 0 Å². The number of nitrogens with zero attached hydrogens (tertiary/aromatic N) is 3. The predicted molar refractivity (Wildman–Crippen MR) is 97.1 cm³/mol. The maximum absolute atomic E-state index is 13.0. The van der Waals surface area contributed by atoms with Crippen LogP contribution in [0.4, 0.5) is 0 Å². The molecule has 0 unspecified atom stereocenters. The normalized spacial score (nSPS) is 17.7. The second-order valence-corrected chi connectivity index (χ2v) is 6.73. The Balaban J connectivity index is 1.57. The molecule has 2 aromatic heterocycles. The standard InChI is InChI=1S/C20H21N3O3/c1-12-8-13(2)22-19(21-12)18-11-23(6-7-25-18)20(24)15-4-5-17-16(10-15)9-14(3)26-17/h4-5,8-10,18H,6-7,11H2,1-3H3/t18-/m1/s1. The first-order valence-electron chi connectivity index (χ1n) is 8.73. The molecule has 0 aliphatic carbocycles. The second kappa shape index (κ2) is 6.53. The third-order valence-electron chi connectivity index (χ3n) is 4.53. The zero-order valence-corrected chi connectivity index (χ0v) is 15.2. The summed E-state index contributed by atoms with van der Waals surface area (Å²) in [5.74, 6) is 1.47. The van der Waals surface area contributed by atoms with Crippen molar-refractivity contribution in [3.05, 3.63) is 58.9 Å². The molecule has 4 rings (SSSR count). The third kappa shape index (κ3) is 3.20. The van der Waals surface area contributed by atoms with E-state index in [1.807, 2.05) is 56.0 Å². The largest absolute Gasteiger partial charge is 0.461 e. The van der Waals surface area contributed by atoms with Gasteiger partial charge in [-0.15, -0.1) is 0 Å². The number of aryl methyl sites for hydroxylation is 3. The molecule has 1 fully saturated rings. The van der Waals surface area contributed by atoms with Gasteiger partial charge < -0.3 is 14.1 Å². The number of rotatable bonds is 2. The summed E-state index contributed by atoms with van der Waals surface area (Å²) in [7, 11) is 0. The van der Waals surface area contributed by atoms with Gasteiger partial charge in [0.1, 0.15) is 17.4 Å². The number of furan rings is 1. The Morgan fingerprint density at radius 2 is 1.88 bits per heavy atom. The van der Waals surface area contributed by atoms with Gasteiger partial charge in [-0.2, -0.15) is 0 Å². The summed E-state index contributed by atoms with van der Waals surface area (Å²) >= 11 is 0. The minimum Gasteiger partial charge on any atom is -0.461 e. The Morgan fingerprint density at radius 3 is 2.65 bits per heavy atom. The summed E-state index contributed by atoms with van der Waals surface area (Å²) in [6.07, 6.45) is -0.300. The summed E-state index contributed by atoms with van der Waals surface area (Å²) in [5.41, 5.74) is 3.25. The van der Waals surface area contributed by atoms with Crippen molar-refractivity contribution in [2.24, 2.45) is 0 Å². The summed E-state index contributed by atoms with van der Waals surface area (Å²) in [6.45, 7) is 7.25. The van der Waals surface area contributed by atoms with Crippen molar-refractivity contribution in [3.63, 3.8) is 0 Å². The Labute approximate surface area is 151 Å². The molecule has 3 aromatic rings. The van der Waals surface area contributed by atoms with Crippen LogP contribution < -0.4 is 0 Å². The molecule has 1 aliphatic rings. The Hall–Kier alpha value is -2.73. The number of fused-ring (bicyclic) bond motifs is 1. The molecule has 1 aromatic carbocycles. The molecule has 0 N–H and O–H groups in total. The van der Waals surface area contributed by atoms with Crippen molar-refractivity contribution >= 4 is 16.9 Å². The SMILES string of the molecule is Cc1cc(C)nc([C@H]2CN(C(=O)c3ccc4oc(C)cc4c3)CCO2)n1. The molecule has 1 aliphatic heterocycles. The smallest absolute Gasteiger partial charge is 0.254 e. The number of carbonyl (C=O) groups is 1. The van der Waals surface area contributed by atoms with Crippen LogP contribution in [0.15, 0.2) is 34.7 Å². The monoisotopic (exact) mass is 351 g/mol. The molecule has 1 amide bonds. The van der Waals surface area contributed by atoms with Crippen molar-refractivity contribution in [1.82, 2.24) is 14.9 Å². The lowest BCUT2D eigenvalue weighted by molar-refractivity contribution is -0.0269. The fourth-order valence-corrected chi connectivity index (χ4v) is 3.38. The van der Waals surface area contributed by atoms with Gasteiger partial charge in [-0.25, -0.2) is 9.97 Å². The number of hydrogen-bond donors (Lipinski definition) is 0. The van der Waals surface area contributed by atoms with Crippen LogP contribution in [0, 0.1) is 20.8 Å². The topological polar surface area (TPSA) is 68.5 Å². The lowest BCUT2D eigenvalue weighted by atomic mass is 10.1. The Kier molecular flexibility index (Phi) is 4.20.